The smallest absolute Gasteiger partial charge is 0.224 e. The first-order valence-corrected chi connectivity index (χ1v) is 5.82. The molecule has 1 aliphatic rings. The zero-order chi connectivity index (χ0) is 11.3. The molecule has 0 aromatic carbocycles. The molecule has 4 N–H and O–H groups in total. The summed E-state index contributed by atoms with van der Waals surface area (Å²) in [6.07, 6.45) is 4.71. The van der Waals surface area contributed by atoms with Crippen LogP contribution in [0.1, 0.15) is 39.0 Å². The van der Waals surface area contributed by atoms with E-state index in [1.807, 2.05) is 0 Å². The van der Waals surface area contributed by atoms with Crippen LogP contribution in [-0.4, -0.2) is 29.7 Å². The summed E-state index contributed by atoms with van der Waals surface area (Å²) < 4.78 is 0. The SMILES string of the molecule is CC(O)CNC(=O)C1CCCCCC1N. The number of aliphatic hydroxyl groups is 1. The summed E-state index contributed by atoms with van der Waals surface area (Å²) in [5.74, 6) is -0.0588. The lowest BCUT2D eigenvalue weighted by atomic mass is 9.94. The minimum absolute atomic E-state index is 0.00491. The fourth-order valence-corrected chi connectivity index (χ4v) is 2.04. The highest BCUT2D eigenvalue weighted by atomic mass is 16.3. The van der Waals surface area contributed by atoms with Crippen LogP contribution in [0.15, 0.2) is 0 Å². The Hall–Kier alpha value is -0.610. The summed E-state index contributed by atoms with van der Waals surface area (Å²) in [5.41, 5.74) is 5.96. The normalized spacial score (nSPS) is 29.3. The maximum atomic E-state index is 11.8. The number of nitrogens with two attached hydrogens (primary N) is 1. The number of amides is 1. The van der Waals surface area contributed by atoms with Crippen molar-refractivity contribution < 1.29 is 9.90 Å². The third-order valence-corrected chi connectivity index (χ3v) is 2.98. The Labute approximate surface area is 91.2 Å². The topological polar surface area (TPSA) is 75.3 Å². The van der Waals surface area contributed by atoms with Crippen molar-refractivity contribution in [3.63, 3.8) is 0 Å². The average Bonchev–Trinajstić information content (AvgIpc) is 2.39. The summed E-state index contributed by atoms with van der Waals surface area (Å²) >= 11 is 0. The van der Waals surface area contributed by atoms with E-state index in [1.54, 1.807) is 6.92 Å². The van der Waals surface area contributed by atoms with Gasteiger partial charge in [-0.3, -0.25) is 4.79 Å². The van der Waals surface area contributed by atoms with Crippen molar-refractivity contribution in [1.29, 1.82) is 0 Å². The van der Waals surface area contributed by atoms with Gasteiger partial charge in [-0.15, -0.1) is 0 Å². The second-order valence-electron chi connectivity index (χ2n) is 4.50. The molecular weight excluding hydrogens is 192 g/mol. The van der Waals surface area contributed by atoms with Gasteiger partial charge in [0.1, 0.15) is 0 Å². The van der Waals surface area contributed by atoms with Crippen molar-refractivity contribution in [1.82, 2.24) is 5.32 Å². The highest BCUT2D eigenvalue weighted by Crippen LogP contribution is 2.22. The molecule has 0 aromatic rings. The molecule has 4 heteroatoms. The summed E-state index contributed by atoms with van der Waals surface area (Å²) in [4.78, 5) is 11.8. The summed E-state index contributed by atoms with van der Waals surface area (Å²) in [6, 6.07) is -0.0125. The predicted octanol–water partition coefficient (Wildman–Crippen LogP) is 0.391. The molecule has 0 radical (unpaired) electrons. The van der Waals surface area contributed by atoms with Gasteiger partial charge >= 0.3 is 0 Å². The lowest BCUT2D eigenvalue weighted by molar-refractivity contribution is -0.126. The molecule has 1 aliphatic carbocycles. The van der Waals surface area contributed by atoms with Crippen LogP contribution in [0.25, 0.3) is 0 Å². The average molecular weight is 214 g/mol. The van der Waals surface area contributed by atoms with Crippen LogP contribution in [0.5, 0.6) is 0 Å². The second kappa shape index (κ2) is 6.08. The second-order valence-corrected chi connectivity index (χ2v) is 4.50. The Kier molecular flexibility index (Phi) is 5.05. The first kappa shape index (κ1) is 12.5. The molecular formula is C11H22N2O2. The van der Waals surface area contributed by atoms with E-state index in [1.165, 1.54) is 6.42 Å². The van der Waals surface area contributed by atoms with E-state index in [-0.39, 0.29) is 17.9 Å². The summed E-state index contributed by atoms with van der Waals surface area (Å²) in [6.45, 7) is 1.98. The molecule has 4 nitrogen and oxygen atoms in total. The first-order chi connectivity index (χ1) is 7.11. The van der Waals surface area contributed by atoms with Gasteiger partial charge in [-0.1, -0.05) is 19.3 Å². The largest absolute Gasteiger partial charge is 0.392 e. The number of aliphatic hydroxyl groups excluding tert-OH is 1. The van der Waals surface area contributed by atoms with Gasteiger partial charge in [0.2, 0.25) is 5.91 Å². The van der Waals surface area contributed by atoms with E-state index in [9.17, 15) is 4.79 Å². The molecule has 0 bridgehead atoms. The van der Waals surface area contributed by atoms with Crippen molar-refractivity contribution in [2.24, 2.45) is 11.7 Å². The fourth-order valence-electron chi connectivity index (χ4n) is 2.04. The molecule has 88 valence electrons. The molecule has 1 saturated carbocycles. The predicted molar refractivity (Wildman–Crippen MR) is 59.2 cm³/mol. The number of nitrogens with one attached hydrogen (secondary N) is 1. The van der Waals surface area contributed by atoms with E-state index in [0.29, 0.717) is 6.54 Å². The minimum Gasteiger partial charge on any atom is -0.392 e. The third-order valence-electron chi connectivity index (χ3n) is 2.98. The molecule has 3 atom stereocenters. The maximum absolute atomic E-state index is 11.8. The van der Waals surface area contributed by atoms with Crippen LogP contribution in [0.3, 0.4) is 0 Å². The van der Waals surface area contributed by atoms with Gasteiger partial charge in [-0.2, -0.15) is 0 Å². The van der Waals surface area contributed by atoms with Gasteiger partial charge in [-0.25, -0.2) is 0 Å². The van der Waals surface area contributed by atoms with Crippen LogP contribution in [0.4, 0.5) is 0 Å². The quantitative estimate of drug-likeness (QED) is 0.595. The standard InChI is InChI=1S/C11H22N2O2/c1-8(14)7-13-11(15)9-5-3-2-4-6-10(9)12/h8-10,14H,2-7,12H2,1H3,(H,13,15). The molecule has 0 heterocycles. The van der Waals surface area contributed by atoms with E-state index >= 15 is 0 Å². The lowest BCUT2D eigenvalue weighted by Gasteiger charge is -2.20. The van der Waals surface area contributed by atoms with Crippen molar-refractivity contribution in [2.75, 3.05) is 6.54 Å². The van der Waals surface area contributed by atoms with Gasteiger partial charge in [0.15, 0.2) is 0 Å². The Bertz CT molecular complexity index is 207. The molecule has 0 aliphatic heterocycles. The molecule has 3 unspecified atom stereocenters. The van der Waals surface area contributed by atoms with Gasteiger partial charge in [-0.05, 0) is 19.8 Å². The first-order valence-electron chi connectivity index (χ1n) is 5.82. The highest BCUT2D eigenvalue weighted by molar-refractivity contribution is 5.79. The number of hydrogen-bond acceptors (Lipinski definition) is 3. The Morgan fingerprint density at radius 3 is 2.80 bits per heavy atom. The van der Waals surface area contributed by atoms with Gasteiger partial charge in [0.05, 0.1) is 12.0 Å². The lowest BCUT2D eigenvalue weighted by Crippen LogP contribution is -2.43. The Morgan fingerprint density at radius 1 is 1.47 bits per heavy atom. The Balaban J connectivity index is 2.41. The van der Waals surface area contributed by atoms with Crippen LogP contribution < -0.4 is 11.1 Å². The maximum Gasteiger partial charge on any atom is 0.224 e. The number of carbonyl (C=O) groups is 1. The molecule has 1 rings (SSSR count). The molecule has 1 fully saturated rings. The van der Waals surface area contributed by atoms with E-state index in [2.05, 4.69) is 5.32 Å². The zero-order valence-electron chi connectivity index (χ0n) is 9.41. The van der Waals surface area contributed by atoms with Crippen LogP contribution >= 0.6 is 0 Å². The molecule has 0 spiro atoms. The van der Waals surface area contributed by atoms with Gasteiger partial charge < -0.3 is 16.2 Å². The summed E-state index contributed by atoms with van der Waals surface area (Å²) in [7, 11) is 0. The van der Waals surface area contributed by atoms with Crippen LogP contribution in [-0.2, 0) is 4.79 Å². The summed E-state index contributed by atoms with van der Waals surface area (Å²) in [5, 5.41) is 11.8. The van der Waals surface area contributed by atoms with E-state index in [4.69, 9.17) is 10.8 Å². The van der Waals surface area contributed by atoms with E-state index < -0.39 is 6.10 Å². The fraction of sp³-hybridized carbons (Fsp3) is 0.909. The number of rotatable bonds is 3. The minimum atomic E-state index is -0.490. The van der Waals surface area contributed by atoms with Gasteiger partial charge in [0.25, 0.3) is 0 Å². The number of hydrogen-bond donors (Lipinski definition) is 3. The zero-order valence-corrected chi connectivity index (χ0v) is 9.41. The van der Waals surface area contributed by atoms with Crippen molar-refractivity contribution in [3.8, 4) is 0 Å². The molecule has 0 aromatic heterocycles. The molecule has 15 heavy (non-hydrogen) atoms. The van der Waals surface area contributed by atoms with Gasteiger partial charge in [0, 0.05) is 12.6 Å². The third kappa shape index (κ3) is 4.18. The highest BCUT2D eigenvalue weighted by Gasteiger charge is 2.26. The van der Waals surface area contributed by atoms with Crippen LogP contribution in [0.2, 0.25) is 0 Å². The Morgan fingerprint density at radius 2 is 2.13 bits per heavy atom. The molecule has 0 saturated heterocycles. The molecule has 1 amide bonds. The monoisotopic (exact) mass is 214 g/mol. The van der Waals surface area contributed by atoms with E-state index in [0.717, 1.165) is 25.7 Å². The van der Waals surface area contributed by atoms with Crippen molar-refractivity contribution in [3.05, 3.63) is 0 Å². The number of carbonyl (C=O) groups excluding carboxylic acids is 1. The van der Waals surface area contributed by atoms with Crippen molar-refractivity contribution >= 4 is 5.91 Å². The van der Waals surface area contributed by atoms with Crippen molar-refractivity contribution in [2.45, 2.75) is 51.2 Å². The van der Waals surface area contributed by atoms with Crippen LogP contribution in [0, 0.1) is 5.92 Å².